The molecule has 0 radical (unpaired) electrons. The second-order valence-corrected chi connectivity index (χ2v) is 7.41. The average molecular weight is 248 g/mol. The summed E-state index contributed by atoms with van der Waals surface area (Å²) in [5.74, 6) is 0.966. The van der Waals surface area contributed by atoms with Gasteiger partial charge >= 0.3 is 0 Å². The first-order valence-electron chi connectivity index (χ1n) is 6.87. The third kappa shape index (κ3) is 1.66. The lowest BCUT2D eigenvalue weighted by Crippen LogP contribution is -2.48. The standard InChI is InChI=1S/C15H24N2O/c1-10-6-15(7-10,9-16)12(18)17-8-11-13(2,3)14(11,4)5/h10-11H,6-8H2,1-5H3,(H,17,18). The van der Waals surface area contributed by atoms with Gasteiger partial charge in [-0.3, -0.25) is 4.79 Å². The molecule has 0 unspecified atom stereocenters. The van der Waals surface area contributed by atoms with E-state index in [0.29, 0.717) is 31.2 Å². The molecular formula is C15H24N2O. The van der Waals surface area contributed by atoms with Crippen LogP contribution < -0.4 is 5.32 Å². The number of amides is 1. The number of carbonyl (C=O) groups is 1. The van der Waals surface area contributed by atoms with E-state index in [9.17, 15) is 10.1 Å². The van der Waals surface area contributed by atoms with E-state index in [-0.39, 0.29) is 16.7 Å². The first-order chi connectivity index (χ1) is 8.17. The Bertz CT molecular complexity index is 397. The van der Waals surface area contributed by atoms with Gasteiger partial charge in [-0.15, -0.1) is 0 Å². The van der Waals surface area contributed by atoms with Crippen molar-refractivity contribution in [3.05, 3.63) is 0 Å². The molecule has 2 aliphatic rings. The summed E-state index contributed by atoms with van der Waals surface area (Å²) in [5, 5.41) is 12.2. The predicted octanol–water partition coefficient (Wildman–Crippen LogP) is 2.72. The first kappa shape index (κ1) is 13.4. The van der Waals surface area contributed by atoms with Crippen molar-refractivity contribution in [1.29, 1.82) is 5.26 Å². The molecule has 1 amide bonds. The van der Waals surface area contributed by atoms with Crippen molar-refractivity contribution >= 4 is 5.91 Å². The highest BCUT2D eigenvalue weighted by Gasteiger charge is 2.64. The zero-order chi connectivity index (χ0) is 13.8. The van der Waals surface area contributed by atoms with Crippen molar-refractivity contribution in [2.75, 3.05) is 6.54 Å². The van der Waals surface area contributed by atoms with Crippen LogP contribution in [-0.2, 0) is 4.79 Å². The van der Waals surface area contributed by atoms with Gasteiger partial charge in [0.1, 0.15) is 5.41 Å². The number of rotatable bonds is 3. The van der Waals surface area contributed by atoms with Crippen molar-refractivity contribution in [2.45, 2.75) is 47.5 Å². The van der Waals surface area contributed by atoms with E-state index in [2.05, 4.69) is 46.0 Å². The molecule has 0 saturated heterocycles. The maximum Gasteiger partial charge on any atom is 0.240 e. The minimum Gasteiger partial charge on any atom is -0.354 e. The van der Waals surface area contributed by atoms with Crippen molar-refractivity contribution in [2.24, 2.45) is 28.1 Å². The largest absolute Gasteiger partial charge is 0.354 e. The Labute approximate surface area is 110 Å². The van der Waals surface area contributed by atoms with Crippen LogP contribution in [0.2, 0.25) is 0 Å². The van der Waals surface area contributed by atoms with Gasteiger partial charge in [-0.2, -0.15) is 5.26 Å². The number of nitrogens with one attached hydrogen (secondary N) is 1. The normalized spacial score (nSPS) is 36.3. The van der Waals surface area contributed by atoms with Crippen LogP contribution in [0.25, 0.3) is 0 Å². The third-order valence-electron chi connectivity index (χ3n) is 5.83. The van der Waals surface area contributed by atoms with Crippen LogP contribution in [0.3, 0.4) is 0 Å². The number of carbonyl (C=O) groups excluding carboxylic acids is 1. The number of nitrogens with zero attached hydrogens (tertiary/aromatic N) is 1. The van der Waals surface area contributed by atoms with Gasteiger partial charge in [-0.1, -0.05) is 34.6 Å². The minimum absolute atomic E-state index is 0.0541. The first-order valence-corrected chi connectivity index (χ1v) is 6.87. The molecular weight excluding hydrogens is 224 g/mol. The van der Waals surface area contributed by atoms with Crippen LogP contribution in [-0.4, -0.2) is 12.5 Å². The van der Waals surface area contributed by atoms with E-state index in [1.165, 1.54) is 0 Å². The predicted molar refractivity (Wildman–Crippen MR) is 70.5 cm³/mol. The summed E-state index contributed by atoms with van der Waals surface area (Å²) >= 11 is 0. The number of nitriles is 1. The molecule has 3 heteroatoms. The second kappa shape index (κ2) is 3.73. The number of hydrogen-bond donors (Lipinski definition) is 1. The maximum atomic E-state index is 12.1. The Balaban J connectivity index is 1.90. The summed E-state index contributed by atoms with van der Waals surface area (Å²) < 4.78 is 0. The molecule has 2 fully saturated rings. The molecule has 18 heavy (non-hydrogen) atoms. The van der Waals surface area contributed by atoms with Crippen molar-refractivity contribution in [3.8, 4) is 6.07 Å². The van der Waals surface area contributed by atoms with Gasteiger partial charge in [-0.25, -0.2) is 0 Å². The molecule has 0 aromatic rings. The van der Waals surface area contributed by atoms with E-state index in [4.69, 9.17) is 0 Å². The Morgan fingerprint density at radius 3 is 2.11 bits per heavy atom. The van der Waals surface area contributed by atoms with Gasteiger partial charge in [-0.05, 0) is 35.5 Å². The van der Waals surface area contributed by atoms with E-state index in [0.717, 1.165) is 0 Å². The Morgan fingerprint density at radius 2 is 1.78 bits per heavy atom. The fourth-order valence-corrected chi connectivity index (χ4v) is 3.66. The highest BCUT2D eigenvalue weighted by Crippen LogP contribution is 2.68. The van der Waals surface area contributed by atoms with E-state index in [1.54, 1.807) is 0 Å². The molecule has 1 N–H and O–H groups in total. The van der Waals surface area contributed by atoms with Crippen LogP contribution in [0.1, 0.15) is 47.5 Å². The summed E-state index contributed by atoms with van der Waals surface area (Å²) in [5.41, 5.74) is -0.164. The summed E-state index contributed by atoms with van der Waals surface area (Å²) in [6, 6.07) is 2.22. The molecule has 0 spiro atoms. The van der Waals surface area contributed by atoms with Gasteiger partial charge in [0.15, 0.2) is 0 Å². The van der Waals surface area contributed by atoms with Crippen LogP contribution in [0.15, 0.2) is 0 Å². The van der Waals surface area contributed by atoms with Gasteiger partial charge < -0.3 is 5.32 Å². The molecule has 0 atom stereocenters. The SMILES string of the molecule is CC1CC(C#N)(C(=O)NCC2C(C)(C)C2(C)C)C1. The molecule has 0 bridgehead atoms. The van der Waals surface area contributed by atoms with Crippen molar-refractivity contribution < 1.29 is 4.79 Å². The molecule has 0 aliphatic heterocycles. The van der Waals surface area contributed by atoms with Gasteiger partial charge in [0, 0.05) is 6.54 Å². The van der Waals surface area contributed by atoms with Gasteiger partial charge in [0.25, 0.3) is 0 Å². The fraction of sp³-hybridized carbons (Fsp3) is 0.867. The number of hydrogen-bond acceptors (Lipinski definition) is 2. The Kier molecular flexibility index (Phi) is 2.77. The summed E-state index contributed by atoms with van der Waals surface area (Å²) in [6.07, 6.45) is 1.43. The molecule has 2 rings (SSSR count). The van der Waals surface area contributed by atoms with E-state index < -0.39 is 5.41 Å². The van der Waals surface area contributed by atoms with Crippen molar-refractivity contribution in [1.82, 2.24) is 5.32 Å². The van der Waals surface area contributed by atoms with E-state index in [1.807, 2.05) is 0 Å². The Hall–Kier alpha value is -1.04. The molecule has 2 saturated carbocycles. The smallest absolute Gasteiger partial charge is 0.240 e. The molecule has 0 aromatic carbocycles. The molecule has 2 aliphatic carbocycles. The fourth-order valence-electron chi connectivity index (χ4n) is 3.66. The van der Waals surface area contributed by atoms with Crippen LogP contribution in [0.5, 0.6) is 0 Å². The lowest BCUT2D eigenvalue weighted by Gasteiger charge is -2.39. The molecule has 0 aromatic heterocycles. The highest BCUT2D eigenvalue weighted by atomic mass is 16.2. The Morgan fingerprint density at radius 1 is 1.28 bits per heavy atom. The summed E-state index contributed by atoms with van der Waals surface area (Å²) in [7, 11) is 0. The average Bonchev–Trinajstić information content (AvgIpc) is 2.61. The minimum atomic E-state index is -0.734. The van der Waals surface area contributed by atoms with Crippen LogP contribution in [0, 0.1) is 39.4 Å². The van der Waals surface area contributed by atoms with E-state index >= 15 is 0 Å². The summed E-state index contributed by atoms with van der Waals surface area (Å²) in [4.78, 5) is 12.1. The van der Waals surface area contributed by atoms with Crippen molar-refractivity contribution in [3.63, 3.8) is 0 Å². The topological polar surface area (TPSA) is 52.9 Å². The zero-order valence-corrected chi connectivity index (χ0v) is 12.1. The zero-order valence-electron chi connectivity index (χ0n) is 12.1. The lowest BCUT2D eigenvalue weighted by molar-refractivity contribution is -0.134. The summed E-state index contributed by atoms with van der Waals surface area (Å²) in [6.45, 7) is 11.8. The molecule has 100 valence electrons. The molecule has 0 heterocycles. The van der Waals surface area contributed by atoms with Crippen LogP contribution in [0.4, 0.5) is 0 Å². The monoisotopic (exact) mass is 248 g/mol. The highest BCUT2D eigenvalue weighted by molar-refractivity contribution is 5.86. The lowest BCUT2D eigenvalue weighted by atomic mass is 9.63. The van der Waals surface area contributed by atoms with Crippen LogP contribution >= 0.6 is 0 Å². The quantitative estimate of drug-likeness (QED) is 0.835. The molecule has 3 nitrogen and oxygen atoms in total. The second-order valence-electron chi connectivity index (χ2n) is 7.41. The van der Waals surface area contributed by atoms with Gasteiger partial charge in [0.2, 0.25) is 5.91 Å². The van der Waals surface area contributed by atoms with Gasteiger partial charge in [0.05, 0.1) is 6.07 Å². The maximum absolute atomic E-state index is 12.1. The third-order valence-corrected chi connectivity index (χ3v) is 5.83.